The van der Waals surface area contributed by atoms with Gasteiger partial charge in [-0.1, -0.05) is 6.92 Å². The molecule has 0 saturated heterocycles. The summed E-state index contributed by atoms with van der Waals surface area (Å²) in [7, 11) is 2.97. The molecule has 5 rings (SSSR count). The van der Waals surface area contributed by atoms with Crippen LogP contribution in [0.1, 0.15) is 61.4 Å². The van der Waals surface area contributed by atoms with Crippen LogP contribution in [0.4, 0.5) is 13.2 Å². The fraction of sp³-hybridized carbons (Fsp3) is 0.552. The van der Waals surface area contributed by atoms with Crippen LogP contribution in [0.2, 0.25) is 0 Å². The van der Waals surface area contributed by atoms with Crippen molar-refractivity contribution in [2.45, 2.75) is 77.0 Å². The lowest BCUT2D eigenvalue weighted by Crippen LogP contribution is -2.65. The first-order valence-electron chi connectivity index (χ1n) is 13.5. The van der Waals surface area contributed by atoms with E-state index >= 15 is 0 Å². The minimum atomic E-state index is -4.84. The molecule has 3 aliphatic carbocycles. The smallest absolute Gasteiger partial charge is 0.417 e. The molecule has 222 valence electrons. The van der Waals surface area contributed by atoms with Crippen molar-refractivity contribution in [1.82, 2.24) is 9.80 Å². The van der Waals surface area contributed by atoms with Crippen LogP contribution in [0.15, 0.2) is 16.9 Å². The molecule has 0 spiro atoms. The molecular weight excluding hydrogens is 545 g/mol. The number of benzene rings is 1. The minimum absolute atomic E-state index is 0.0106. The SMILES string of the molecule is CC[C@@H](C)N1Cc2c(O)c3c(c(C(F)(F)F)c2C1)C[C@H]1C[C@H]2[C@H](N(C)C)C(=O)C(C(C)=O)=C(O)[C@@]2(O)C(=O)C1=C3O. The highest BCUT2D eigenvalue weighted by Crippen LogP contribution is 2.56. The number of phenols is 1. The van der Waals surface area contributed by atoms with Gasteiger partial charge in [0.25, 0.3) is 0 Å². The van der Waals surface area contributed by atoms with Crippen molar-refractivity contribution < 1.29 is 48.0 Å². The topological polar surface area (TPSA) is 139 Å². The Balaban J connectivity index is 1.76. The molecule has 0 aromatic heterocycles. The van der Waals surface area contributed by atoms with Crippen LogP contribution in [0.5, 0.6) is 5.75 Å². The second kappa shape index (κ2) is 9.40. The van der Waals surface area contributed by atoms with Gasteiger partial charge in [-0.15, -0.1) is 0 Å². The molecule has 1 aliphatic heterocycles. The summed E-state index contributed by atoms with van der Waals surface area (Å²) in [5, 5.41) is 45.4. The summed E-state index contributed by atoms with van der Waals surface area (Å²) in [6.07, 6.45) is -4.83. The van der Waals surface area contributed by atoms with Gasteiger partial charge in [-0.3, -0.25) is 24.2 Å². The monoisotopic (exact) mass is 578 g/mol. The number of ketones is 3. The van der Waals surface area contributed by atoms with Gasteiger partial charge >= 0.3 is 6.18 Å². The number of hydrogen-bond acceptors (Lipinski definition) is 9. The van der Waals surface area contributed by atoms with Crippen molar-refractivity contribution in [1.29, 1.82) is 0 Å². The fourth-order valence-electron chi connectivity index (χ4n) is 7.31. The van der Waals surface area contributed by atoms with Crippen LogP contribution < -0.4 is 0 Å². The van der Waals surface area contributed by atoms with E-state index < -0.39 is 93.0 Å². The molecule has 5 atom stereocenters. The lowest BCUT2D eigenvalue weighted by molar-refractivity contribution is -0.153. The number of aromatic hydroxyl groups is 1. The zero-order valence-electron chi connectivity index (χ0n) is 23.4. The van der Waals surface area contributed by atoms with Gasteiger partial charge in [-0.25, -0.2) is 0 Å². The van der Waals surface area contributed by atoms with Crippen LogP contribution in [-0.2, 0) is 40.1 Å². The summed E-state index contributed by atoms with van der Waals surface area (Å²) < 4.78 is 44.1. The van der Waals surface area contributed by atoms with E-state index in [-0.39, 0.29) is 42.2 Å². The standard InChI is InChI=1S/C29H33F3N2O7/c1-6-11(2)34-9-15-16(10-34)23(36)20-14(21(15)29(30,31)32)7-13-8-17-22(33(4)5)25(38)18(12(3)35)26(39)28(17,41)27(40)19(13)24(20)37/h11,13,17,22,36-37,39,41H,6-10H2,1-5H3/t11-,13+,17+,22+,28-/m1/s1. The zero-order chi connectivity index (χ0) is 30.5. The summed E-state index contributed by atoms with van der Waals surface area (Å²) >= 11 is 0. The first-order chi connectivity index (χ1) is 19.0. The van der Waals surface area contributed by atoms with E-state index in [9.17, 15) is 48.0 Å². The van der Waals surface area contributed by atoms with Crippen molar-refractivity contribution >= 4 is 23.1 Å². The van der Waals surface area contributed by atoms with Gasteiger partial charge < -0.3 is 20.4 Å². The number of aliphatic hydroxyl groups is 3. The number of alkyl halides is 3. The Labute approximate surface area is 234 Å². The van der Waals surface area contributed by atoms with Crippen LogP contribution in [0, 0.1) is 11.8 Å². The van der Waals surface area contributed by atoms with Crippen molar-refractivity contribution in [2.75, 3.05) is 14.1 Å². The summed E-state index contributed by atoms with van der Waals surface area (Å²) in [5.74, 6) is -7.88. The number of likely N-dealkylation sites (N-methyl/N-ethyl adjacent to an activating group) is 1. The van der Waals surface area contributed by atoms with Crippen LogP contribution in [-0.4, -0.2) is 79.4 Å². The number of fused-ring (bicyclic) bond motifs is 4. The van der Waals surface area contributed by atoms with Crippen molar-refractivity contribution in [3.8, 4) is 5.75 Å². The normalized spacial score (nSPS) is 29.0. The number of phenolic OH excluding ortho intramolecular Hbond substituents is 1. The molecule has 0 amide bonds. The molecule has 9 nitrogen and oxygen atoms in total. The Morgan fingerprint density at radius 2 is 1.73 bits per heavy atom. The quantitative estimate of drug-likeness (QED) is 0.397. The molecule has 1 heterocycles. The molecule has 0 unspecified atom stereocenters. The number of aliphatic hydroxyl groups excluding tert-OH is 2. The largest absolute Gasteiger partial charge is 0.508 e. The maximum atomic E-state index is 14.7. The predicted molar refractivity (Wildman–Crippen MR) is 140 cm³/mol. The first-order valence-corrected chi connectivity index (χ1v) is 13.5. The van der Waals surface area contributed by atoms with Gasteiger partial charge in [0.15, 0.2) is 17.2 Å². The number of Topliss-reactive ketones (excluding diaryl/α,β-unsaturated/α-hetero) is 3. The Kier molecular flexibility index (Phi) is 6.71. The van der Waals surface area contributed by atoms with Crippen LogP contribution >= 0.6 is 0 Å². The molecule has 0 bridgehead atoms. The van der Waals surface area contributed by atoms with Gasteiger partial charge in [0.1, 0.15) is 22.8 Å². The van der Waals surface area contributed by atoms with E-state index in [0.29, 0.717) is 6.42 Å². The van der Waals surface area contributed by atoms with Crippen molar-refractivity contribution in [2.24, 2.45) is 11.8 Å². The summed E-state index contributed by atoms with van der Waals surface area (Å²) in [6.45, 7) is 4.73. The van der Waals surface area contributed by atoms with Gasteiger partial charge in [-0.05, 0) is 64.3 Å². The molecule has 4 N–H and O–H groups in total. The van der Waals surface area contributed by atoms with Crippen molar-refractivity contribution in [3.05, 3.63) is 44.7 Å². The van der Waals surface area contributed by atoms with E-state index in [2.05, 4.69) is 0 Å². The second-order valence-electron chi connectivity index (χ2n) is 11.8. The van der Waals surface area contributed by atoms with Gasteiger partial charge in [0, 0.05) is 36.2 Å². The number of hydrogen-bond donors (Lipinski definition) is 4. The highest BCUT2D eigenvalue weighted by molar-refractivity contribution is 6.25. The minimum Gasteiger partial charge on any atom is -0.508 e. The van der Waals surface area contributed by atoms with Gasteiger partial charge in [-0.2, -0.15) is 13.2 Å². The highest BCUT2D eigenvalue weighted by Gasteiger charge is 2.64. The number of nitrogens with zero attached hydrogens (tertiary/aromatic N) is 2. The summed E-state index contributed by atoms with van der Waals surface area (Å²) in [4.78, 5) is 42.7. The Morgan fingerprint density at radius 1 is 1.12 bits per heavy atom. The molecular formula is C29H33F3N2O7. The van der Waals surface area contributed by atoms with Crippen LogP contribution in [0.25, 0.3) is 5.76 Å². The molecule has 41 heavy (non-hydrogen) atoms. The van der Waals surface area contributed by atoms with E-state index in [1.165, 1.54) is 19.0 Å². The summed E-state index contributed by atoms with van der Waals surface area (Å²) in [6, 6.07) is -1.33. The average molecular weight is 579 g/mol. The molecule has 1 aromatic carbocycles. The van der Waals surface area contributed by atoms with E-state index in [1.54, 1.807) is 4.90 Å². The lowest BCUT2D eigenvalue weighted by Gasteiger charge is -2.50. The molecule has 0 radical (unpaired) electrons. The maximum absolute atomic E-state index is 14.7. The van der Waals surface area contributed by atoms with E-state index in [4.69, 9.17) is 0 Å². The molecule has 12 heteroatoms. The van der Waals surface area contributed by atoms with Crippen LogP contribution in [0.3, 0.4) is 0 Å². The Hall–Kier alpha value is -3.22. The molecule has 1 saturated carbocycles. The molecule has 1 aromatic rings. The van der Waals surface area contributed by atoms with E-state index in [0.717, 1.165) is 6.92 Å². The number of halogens is 3. The van der Waals surface area contributed by atoms with Gasteiger partial charge in [0.2, 0.25) is 5.78 Å². The average Bonchev–Trinajstić information content (AvgIpc) is 3.29. The fourth-order valence-corrected chi connectivity index (χ4v) is 7.31. The number of carbonyl (C=O) groups excluding carboxylic acids is 3. The van der Waals surface area contributed by atoms with Gasteiger partial charge in [0.05, 0.1) is 17.2 Å². The number of carbonyl (C=O) groups is 3. The zero-order valence-corrected chi connectivity index (χ0v) is 23.4. The Bertz CT molecular complexity index is 1460. The first kappa shape index (κ1) is 29.3. The lowest BCUT2D eigenvalue weighted by atomic mass is 9.57. The molecule has 1 fully saturated rings. The Morgan fingerprint density at radius 3 is 2.27 bits per heavy atom. The predicted octanol–water partition coefficient (Wildman–Crippen LogP) is 3.20. The number of rotatable bonds is 4. The highest BCUT2D eigenvalue weighted by atomic mass is 19.4. The van der Waals surface area contributed by atoms with Crippen molar-refractivity contribution in [3.63, 3.8) is 0 Å². The third-order valence-electron chi connectivity index (χ3n) is 9.43. The summed E-state index contributed by atoms with van der Waals surface area (Å²) in [5.41, 5.74) is -5.86. The molecule has 4 aliphatic rings. The third-order valence-corrected chi connectivity index (χ3v) is 9.43. The third kappa shape index (κ3) is 3.90. The maximum Gasteiger partial charge on any atom is 0.417 e. The van der Waals surface area contributed by atoms with E-state index in [1.807, 2.05) is 13.8 Å². The second-order valence-corrected chi connectivity index (χ2v) is 11.8.